The summed E-state index contributed by atoms with van der Waals surface area (Å²) in [6.45, 7) is 0.675. The molecule has 2 N–H and O–H groups in total. The maximum atomic E-state index is 12.3. The van der Waals surface area contributed by atoms with Gasteiger partial charge < -0.3 is 15.4 Å². The van der Waals surface area contributed by atoms with Crippen molar-refractivity contribution in [1.82, 2.24) is 10.6 Å². The third-order valence-electron chi connectivity index (χ3n) is 3.26. The highest BCUT2D eigenvalue weighted by Crippen LogP contribution is 2.22. The Hall–Kier alpha value is -1.56. The van der Waals surface area contributed by atoms with Gasteiger partial charge in [-0.1, -0.05) is 0 Å². The van der Waals surface area contributed by atoms with E-state index in [-0.39, 0.29) is 11.8 Å². The van der Waals surface area contributed by atoms with Gasteiger partial charge in [0.25, 0.3) is 5.91 Å². The normalized spacial score (nSPS) is 18.9. The smallest absolute Gasteiger partial charge is 0.253 e. The van der Waals surface area contributed by atoms with Crippen LogP contribution in [0.2, 0.25) is 0 Å². The van der Waals surface area contributed by atoms with E-state index in [1.165, 1.54) is 0 Å². The third-order valence-corrected chi connectivity index (χ3v) is 3.95. The van der Waals surface area contributed by atoms with Crippen LogP contribution in [0.5, 0.6) is 5.75 Å². The average Bonchev–Trinajstić information content (AvgIpc) is 2.64. The lowest BCUT2D eigenvalue weighted by atomic mass is 10.1. The Bertz CT molecular complexity index is 519. The van der Waals surface area contributed by atoms with Gasteiger partial charge in [-0.2, -0.15) is 0 Å². The number of nitrogens with one attached hydrogen (secondary N) is 2. The van der Waals surface area contributed by atoms with E-state index in [9.17, 15) is 9.59 Å². The van der Waals surface area contributed by atoms with E-state index in [1.807, 2.05) is 0 Å². The van der Waals surface area contributed by atoms with Gasteiger partial charge in [-0.05, 0) is 53.4 Å². The first-order valence-corrected chi connectivity index (χ1v) is 7.33. The molecule has 1 atom stereocenters. The number of carbonyl (C=O) groups excluding carboxylic acids is 2. The number of hydrogen-bond acceptors (Lipinski definition) is 3. The van der Waals surface area contributed by atoms with Gasteiger partial charge in [0.2, 0.25) is 5.91 Å². The van der Waals surface area contributed by atoms with Gasteiger partial charge in [0.05, 0.1) is 12.7 Å². The van der Waals surface area contributed by atoms with Gasteiger partial charge in [0, 0.05) is 11.0 Å². The number of amides is 2. The van der Waals surface area contributed by atoms with Gasteiger partial charge in [-0.25, -0.2) is 0 Å². The van der Waals surface area contributed by atoms with Crippen molar-refractivity contribution >= 4 is 27.7 Å². The van der Waals surface area contributed by atoms with Crippen LogP contribution in [-0.4, -0.2) is 31.5 Å². The van der Waals surface area contributed by atoms with E-state index in [4.69, 9.17) is 4.74 Å². The highest BCUT2D eigenvalue weighted by Gasteiger charge is 2.23. The van der Waals surface area contributed by atoms with Crippen LogP contribution in [0.25, 0.3) is 0 Å². The number of rotatable bonds is 3. The molecule has 2 amide bonds. The summed E-state index contributed by atoms with van der Waals surface area (Å²) in [7, 11) is 1.55. The van der Waals surface area contributed by atoms with Crippen LogP contribution >= 0.6 is 15.9 Å². The second-order valence-electron chi connectivity index (χ2n) is 4.66. The van der Waals surface area contributed by atoms with E-state index in [2.05, 4.69) is 26.6 Å². The van der Waals surface area contributed by atoms with Crippen molar-refractivity contribution in [3.05, 3.63) is 28.2 Å². The molecule has 1 aliphatic heterocycles. The minimum absolute atomic E-state index is 0.116. The van der Waals surface area contributed by atoms with Crippen LogP contribution in [0, 0.1) is 0 Å². The number of methoxy groups -OCH3 is 1. The molecule has 5 nitrogen and oxygen atoms in total. The Morgan fingerprint density at radius 1 is 1.45 bits per heavy atom. The molecule has 108 valence electrons. The Morgan fingerprint density at radius 3 is 3.00 bits per heavy atom. The van der Waals surface area contributed by atoms with E-state index in [1.54, 1.807) is 25.3 Å². The van der Waals surface area contributed by atoms with Gasteiger partial charge in [0.1, 0.15) is 11.8 Å². The molecule has 0 radical (unpaired) electrons. The molecule has 1 aromatic carbocycles. The van der Waals surface area contributed by atoms with Gasteiger partial charge >= 0.3 is 0 Å². The van der Waals surface area contributed by atoms with Crippen LogP contribution in [0.1, 0.15) is 29.6 Å². The molecule has 1 aromatic rings. The Morgan fingerprint density at radius 2 is 2.25 bits per heavy atom. The number of ether oxygens (including phenoxy) is 1. The predicted octanol–water partition coefficient (Wildman–Crippen LogP) is 1.86. The summed E-state index contributed by atoms with van der Waals surface area (Å²) in [6, 6.07) is 4.69. The van der Waals surface area contributed by atoms with Crippen molar-refractivity contribution in [2.75, 3.05) is 13.7 Å². The first kappa shape index (κ1) is 14.8. The molecule has 0 aromatic heterocycles. The Kier molecular flexibility index (Phi) is 5.00. The topological polar surface area (TPSA) is 67.4 Å². The Balaban J connectivity index is 2.12. The van der Waals surface area contributed by atoms with Crippen LogP contribution in [0.4, 0.5) is 0 Å². The summed E-state index contributed by atoms with van der Waals surface area (Å²) in [5, 5.41) is 5.58. The van der Waals surface area contributed by atoms with Gasteiger partial charge in [0.15, 0.2) is 0 Å². The zero-order valence-corrected chi connectivity index (χ0v) is 12.8. The molecule has 0 bridgehead atoms. The fraction of sp³-hybridized carbons (Fsp3) is 0.429. The fourth-order valence-corrected chi connectivity index (χ4v) is 2.55. The second-order valence-corrected chi connectivity index (χ2v) is 5.51. The van der Waals surface area contributed by atoms with Crippen molar-refractivity contribution in [2.24, 2.45) is 0 Å². The van der Waals surface area contributed by atoms with Crippen molar-refractivity contribution in [3.8, 4) is 5.75 Å². The van der Waals surface area contributed by atoms with Gasteiger partial charge in [-0.3, -0.25) is 9.59 Å². The quantitative estimate of drug-likeness (QED) is 0.882. The minimum atomic E-state index is -0.469. The summed E-state index contributed by atoms with van der Waals surface area (Å²) in [5.41, 5.74) is 0.460. The Labute approximate surface area is 126 Å². The maximum Gasteiger partial charge on any atom is 0.253 e. The molecule has 0 spiro atoms. The van der Waals surface area contributed by atoms with Crippen LogP contribution < -0.4 is 15.4 Å². The summed E-state index contributed by atoms with van der Waals surface area (Å²) in [4.78, 5) is 24.1. The lowest BCUT2D eigenvalue weighted by molar-refractivity contribution is -0.122. The molecule has 1 fully saturated rings. The molecule has 1 aliphatic rings. The summed E-state index contributed by atoms with van der Waals surface area (Å²) in [5.74, 6) is 0.205. The summed E-state index contributed by atoms with van der Waals surface area (Å²) < 4.78 is 5.78. The van der Waals surface area contributed by atoms with Crippen molar-refractivity contribution in [1.29, 1.82) is 0 Å². The minimum Gasteiger partial charge on any atom is -0.497 e. The number of benzene rings is 1. The third kappa shape index (κ3) is 3.50. The second kappa shape index (κ2) is 6.74. The summed E-state index contributed by atoms with van der Waals surface area (Å²) >= 11 is 3.34. The van der Waals surface area contributed by atoms with Crippen LogP contribution in [0.15, 0.2) is 22.7 Å². The standard InChI is InChI=1S/C14H17BrN2O3/c1-20-9-5-6-11(15)10(8-9)13(18)17-12-4-2-3-7-16-14(12)19/h5-6,8,12H,2-4,7H2,1H3,(H,16,19)(H,17,18)/t12-/m1/s1. The van der Waals surface area contributed by atoms with Crippen molar-refractivity contribution < 1.29 is 14.3 Å². The van der Waals surface area contributed by atoms with E-state index >= 15 is 0 Å². The van der Waals surface area contributed by atoms with Crippen molar-refractivity contribution in [2.45, 2.75) is 25.3 Å². The zero-order valence-electron chi connectivity index (χ0n) is 11.2. The predicted molar refractivity (Wildman–Crippen MR) is 78.8 cm³/mol. The number of halogens is 1. The van der Waals surface area contributed by atoms with Crippen molar-refractivity contribution in [3.63, 3.8) is 0 Å². The SMILES string of the molecule is COc1ccc(Br)c(C(=O)N[C@@H]2CCCCNC2=O)c1. The molecular formula is C14H17BrN2O3. The maximum absolute atomic E-state index is 12.3. The fourth-order valence-electron chi connectivity index (χ4n) is 2.12. The molecule has 1 saturated heterocycles. The van der Waals surface area contributed by atoms with E-state index in [0.717, 1.165) is 12.8 Å². The van der Waals surface area contributed by atoms with Gasteiger partial charge in [-0.15, -0.1) is 0 Å². The lowest BCUT2D eigenvalue weighted by Crippen LogP contribution is -2.45. The molecule has 0 saturated carbocycles. The molecule has 1 heterocycles. The molecule has 0 unspecified atom stereocenters. The van der Waals surface area contributed by atoms with E-state index < -0.39 is 6.04 Å². The lowest BCUT2D eigenvalue weighted by Gasteiger charge is -2.16. The molecular weight excluding hydrogens is 324 g/mol. The number of carbonyl (C=O) groups is 2. The highest BCUT2D eigenvalue weighted by atomic mass is 79.9. The number of hydrogen-bond donors (Lipinski definition) is 2. The molecule has 0 aliphatic carbocycles. The first-order chi connectivity index (χ1) is 9.61. The molecule has 6 heteroatoms. The first-order valence-electron chi connectivity index (χ1n) is 6.54. The van der Waals surface area contributed by atoms with Crippen LogP contribution in [-0.2, 0) is 4.79 Å². The summed E-state index contributed by atoms with van der Waals surface area (Å²) in [6.07, 6.45) is 2.53. The molecule has 20 heavy (non-hydrogen) atoms. The van der Waals surface area contributed by atoms with E-state index in [0.29, 0.717) is 28.8 Å². The van der Waals surface area contributed by atoms with Crippen LogP contribution in [0.3, 0.4) is 0 Å². The molecule has 2 rings (SSSR count). The highest BCUT2D eigenvalue weighted by molar-refractivity contribution is 9.10. The average molecular weight is 341 g/mol. The monoisotopic (exact) mass is 340 g/mol. The largest absolute Gasteiger partial charge is 0.497 e. The zero-order chi connectivity index (χ0) is 14.5.